The van der Waals surface area contributed by atoms with E-state index in [2.05, 4.69) is 12.2 Å². The average Bonchev–Trinajstić information content (AvgIpc) is 2.42. The van der Waals surface area contributed by atoms with Crippen LogP contribution in [0, 0.1) is 12.7 Å². The molecule has 0 bridgehead atoms. The fraction of sp³-hybridized carbons (Fsp3) is 0.294. The maximum Gasteiger partial charge on any atom is 0.123 e. The van der Waals surface area contributed by atoms with Gasteiger partial charge in [0.15, 0.2) is 0 Å². The van der Waals surface area contributed by atoms with Gasteiger partial charge in [-0.25, -0.2) is 4.39 Å². The number of benzene rings is 2. The monoisotopic (exact) mass is 291 g/mol. The highest BCUT2D eigenvalue weighted by atomic mass is 35.5. The summed E-state index contributed by atoms with van der Waals surface area (Å²) >= 11 is 6.35. The minimum atomic E-state index is -0.240. The molecule has 0 amide bonds. The third-order valence-corrected chi connectivity index (χ3v) is 3.59. The third-order valence-electron chi connectivity index (χ3n) is 3.28. The van der Waals surface area contributed by atoms with Gasteiger partial charge in [-0.15, -0.1) is 0 Å². The van der Waals surface area contributed by atoms with Crippen LogP contribution in [0.2, 0.25) is 5.02 Å². The lowest BCUT2D eigenvalue weighted by molar-refractivity contribution is 0.628. The van der Waals surface area contributed by atoms with E-state index in [0.29, 0.717) is 5.02 Å². The van der Waals surface area contributed by atoms with E-state index in [1.54, 1.807) is 6.07 Å². The van der Waals surface area contributed by atoms with Crippen LogP contribution in [0.25, 0.3) is 11.1 Å². The van der Waals surface area contributed by atoms with E-state index in [1.165, 1.54) is 12.1 Å². The maximum absolute atomic E-state index is 13.4. The molecule has 0 spiro atoms. The molecule has 1 nitrogen and oxygen atoms in total. The first kappa shape index (κ1) is 15.0. The van der Waals surface area contributed by atoms with Gasteiger partial charge in [0.1, 0.15) is 5.82 Å². The highest BCUT2D eigenvalue weighted by Gasteiger charge is 2.08. The third kappa shape index (κ3) is 3.59. The van der Waals surface area contributed by atoms with Crippen molar-refractivity contribution in [2.45, 2.75) is 26.8 Å². The van der Waals surface area contributed by atoms with Gasteiger partial charge in [-0.2, -0.15) is 0 Å². The van der Waals surface area contributed by atoms with Crippen molar-refractivity contribution in [1.82, 2.24) is 5.32 Å². The Labute approximate surface area is 124 Å². The molecule has 1 N–H and O–H groups in total. The number of aryl methyl sites for hydroxylation is 1. The Bertz CT molecular complexity index is 596. The van der Waals surface area contributed by atoms with Crippen molar-refractivity contribution in [3.63, 3.8) is 0 Å². The minimum Gasteiger partial charge on any atom is -0.313 e. The van der Waals surface area contributed by atoms with Gasteiger partial charge < -0.3 is 5.32 Å². The number of hydrogen-bond acceptors (Lipinski definition) is 1. The van der Waals surface area contributed by atoms with E-state index in [-0.39, 0.29) is 5.82 Å². The van der Waals surface area contributed by atoms with Crippen molar-refractivity contribution < 1.29 is 4.39 Å². The zero-order valence-electron chi connectivity index (χ0n) is 11.8. The Balaban J connectivity index is 2.27. The summed E-state index contributed by atoms with van der Waals surface area (Å²) < 4.78 is 13.4. The van der Waals surface area contributed by atoms with Crippen LogP contribution in [0.4, 0.5) is 4.39 Å². The molecule has 0 saturated heterocycles. The van der Waals surface area contributed by atoms with E-state index < -0.39 is 0 Å². The lowest BCUT2D eigenvalue weighted by atomic mass is 9.99. The van der Waals surface area contributed by atoms with Gasteiger partial charge in [-0.3, -0.25) is 0 Å². The van der Waals surface area contributed by atoms with E-state index >= 15 is 0 Å². The smallest absolute Gasteiger partial charge is 0.123 e. The molecule has 2 aromatic carbocycles. The quantitative estimate of drug-likeness (QED) is 0.768. The Morgan fingerprint density at radius 1 is 1.10 bits per heavy atom. The first-order chi connectivity index (χ1) is 9.61. The summed E-state index contributed by atoms with van der Waals surface area (Å²) in [6.45, 7) is 5.88. The van der Waals surface area contributed by atoms with Crippen LogP contribution in [0.3, 0.4) is 0 Å². The first-order valence-corrected chi connectivity index (χ1v) is 7.25. The van der Waals surface area contributed by atoms with Crippen molar-refractivity contribution >= 4 is 11.6 Å². The van der Waals surface area contributed by atoms with E-state index in [9.17, 15) is 4.39 Å². The van der Waals surface area contributed by atoms with Gasteiger partial charge in [-0.1, -0.05) is 36.7 Å². The average molecular weight is 292 g/mol. The molecule has 0 radical (unpaired) electrons. The molecular formula is C17H19ClFN. The Hall–Kier alpha value is -1.38. The maximum atomic E-state index is 13.4. The summed E-state index contributed by atoms with van der Waals surface area (Å²) in [7, 11) is 0. The second-order valence-electron chi connectivity index (χ2n) is 4.95. The summed E-state index contributed by atoms with van der Waals surface area (Å²) in [5, 5.41) is 4.00. The van der Waals surface area contributed by atoms with Gasteiger partial charge in [-0.05, 0) is 54.8 Å². The molecule has 0 aliphatic carbocycles. The van der Waals surface area contributed by atoms with Gasteiger partial charge in [0, 0.05) is 17.1 Å². The van der Waals surface area contributed by atoms with Crippen LogP contribution in [0.15, 0.2) is 36.4 Å². The number of nitrogens with one attached hydrogen (secondary N) is 1. The van der Waals surface area contributed by atoms with Crippen molar-refractivity contribution in [1.29, 1.82) is 0 Å². The summed E-state index contributed by atoms with van der Waals surface area (Å²) in [5.41, 5.74) is 3.89. The van der Waals surface area contributed by atoms with Gasteiger partial charge in [0.25, 0.3) is 0 Å². The molecule has 0 heterocycles. The van der Waals surface area contributed by atoms with Crippen molar-refractivity contribution in [3.8, 4) is 11.1 Å². The molecule has 0 saturated carbocycles. The normalized spacial score (nSPS) is 10.8. The van der Waals surface area contributed by atoms with Gasteiger partial charge in [0.2, 0.25) is 0 Å². The molecule has 3 heteroatoms. The number of halogens is 2. The molecule has 0 aliphatic rings. The van der Waals surface area contributed by atoms with Crippen LogP contribution in [0.5, 0.6) is 0 Å². The predicted molar refractivity (Wildman–Crippen MR) is 83.6 cm³/mol. The zero-order chi connectivity index (χ0) is 14.5. The second-order valence-corrected chi connectivity index (χ2v) is 5.36. The molecule has 0 aromatic heterocycles. The molecule has 0 unspecified atom stereocenters. The number of rotatable bonds is 5. The lowest BCUT2D eigenvalue weighted by Crippen LogP contribution is -2.13. The molecule has 0 atom stereocenters. The summed E-state index contributed by atoms with van der Waals surface area (Å²) in [5.74, 6) is -0.240. The molecule has 0 fully saturated rings. The Morgan fingerprint density at radius 2 is 1.90 bits per heavy atom. The minimum absolute atomic E-state index is 0.240. The molecular weight excluding hydrogens is 273 g/mol. The molecule has 0 aliphatic heterocycles. The molecule has 106 valence electrons. The van der Waals surface area contributed by atoms with E-state index in [4.69, 9.17) is 11.6 Å². The Kier molecular flexibility index (Phi) is 5.16. The van der Waals surface area contributed by atoms with Crippen molar-refractivity contribution in [2.24, 2.45) is 0 Å². The first-order valence-electron chi connectivity index (χ1n) is 6.87. The van der Waals surface area contributed by atoms with Crippen LogP contribution in [-0.4, -0.2) is 6.54 Å². The molecule has 2 rings (SSSR count). The van der Waals surface area contributed by atoms with Crippen LogP contribution < -0.4 is 5.32 Å². The zero-order valence-corrected chi connectivity index (χ0v) is 12.6. The van der Waals surface area contributed by atoms with Gasteiger partial charge >= 0.3 is 0 Å². The summed E-state index contributed by atoms with van der Waals surface area (Å²) in [6.07, 6.45) is 1.11. The predicted octanol–water partition coefficient (Wildman–Crippen LogP) is 4.95. The summed E-state index contributed by atoms with van der Waals surface area (Å²) in [6, 6.07) is 10.7. The van der Waals surface area contributed by atoms with E-state index in [1.807, 2.05) is 25.1 Å². The van der Waals surface area contributed by atoms with Crippen LogP contribution in [-0.2, 0) is 6.54 Å². The highest BCUT2D eigenvalue weighted by Crippen LogP contribution is 2.31. The number of hydrogen-bond donors (Lipinski definition) is 1. The largest absolute Gasteiger partial charge is 0.313 e. The van der Waals surface area contributed by atoms with Crippen molar-refractivity contribution in [3.05, 3.63) is 58.4 Å². The Morgan fingerprint density at radius 3 is 2.60 bits per heavy atom. The van der Waals surface area contributed by atoms with Crippen LogP contribution in [0.1, 0.15) is 24.5 Å². The van der Waals surface area contributed by atoms with Crippen molar-refractivity contribution in [2.75, 3.05) is 6.54 Å². The highest BCUT2D eigenvalue weighted by molar-refractivity contribution is 6.33. The SMILES string of the molecule is CCCNCc1ccc(-c2cc(F)ccc2C)c(Cl)c1. The second kappa shape index (κ2) is 6.87. The topological polar surface area (TPSA) is 12.0 Å². The summed E-state index contributed by atoms with van der Waals surface area (Å²) in [4.78, 5) is 0. The van der Waals surface area contributed by atoms with E-state index in [0.717, 1.165) is 41.8 Å². The standard InChI is InChI=1S/C17H19ClFN/c1-3-8-20-11-13-5-7-15(17(18)9-13)16-10-14(19)6-4-12(16)2/h4-7,9-10,20H,3,8,11H2,1-2H3. The molecule has 2 aromatic rings. The lowest BCUT2D eigenvalue weighted by Gasteiger charge is -2.11. The van der Waals surface area contributed by atoms with Crippen LogP contribution >= 0.6 is 11.6 Å². The fourth-order valence-corrected chi connectivity index (χ4v) is 2.49. The molecule has 20 heavy (non-hydrogen) atoms. The fourth-order valence-electron chi connectivity index (χ4n) is 2.18. The van der Waals surface area contributed by atoms with Gasteiger partial charge in [0.05, 0.1) is 0 Å².